The van der Waals surface area contributed by atoms with Gasteiger partial charge in [0, 0.05) is 41.8 Å². The van der Waals surface area contributed by atoms with E-state index in [1.54, 1.807) is 18.4 Å². The largest absolute Gasteiger partial charge is 0.356 e. The summed E-state index contributed by atoms with van der Waals surface area (Å²) in [7, 11) is 1.77. The van der Waals surface area contributed by atoms with Gasteiger partial charge in [0.25, 0.3) is 0 Å². The summed E-state index contributed by atoms with van der Waals surface area (Å²) in [6.07, 6.45) is 4.90. The number of nitrogens with one attached hydrogen (secondary N) is 2. The quantitative estimate of drug-likeness (QED) is 0.290. The number of aryl methyl sites for hydroxylation is 2. The van der Waals surface area contributed by atoms with Crippen LogP contribution in [0, 0.1) is 13.8 Å². The van der Waals surface area contributed by atoms with Crippen molar-refractivity contribution in [2.75, 3.05) is 13.6 Å². The summed E-state index contributed by atoms with van der Waals surface area (Å²) < 4.78 is 3.03. The number of nitrogens with zero attached hydrogens (tertiary/aromatic N) is 4. The van der Waals surface area contributed by atoms with Crippen LogP contribution >= 0.6 is 51.2 Å². The summed E-state index contributed by atoms with van der Waals surface area (Å²) >= 11 is 5.23. The lowest BCUT2D eigenvalue weighted by atomic mass is 10.4. The molecule has 0 radical (unpaired) electrons. The predicted octanol–water partition coefficient (Wildman–Crippen LogP) is 3.70. The minimum Gasteiger partial charge on any atom is -0.356 e. The monoisotopic (exact) mass is 548 g/mol. The molecule has 0 spiro atoms. The Labute approximate surface area is 182 Å². The van der Waals surface area contributed by atoms with Crippen molar-refractivity contribution in [3.8, 4) is 0 Å². The molecule has 0 aliphatic carbocycles. The van der Waals surface area contributed by atoms with Crippen LogP contribution in [0.4, 0.5) is 0 Å². The third-order valence-corrected chi connectivity index (χ3v) is 5.43. The third-order valence-electron chi connectivity index (χ3n) is 3.83. The Kier molecular flexibility index (Phi) is 7.84. The Balaban J connectivity index is 0.00000243. The van der Waals surface area contributed by atoms with Gasteiger partial charge >= 0.3 is 0 Å². The van der Waals surface area contributed by atoms with Gasteiger partial charge in [0.05, 0.1) is 22.9 Å². The van der Waals surface area contributed by atoms with Crippen molar-refractivity contribution < 1.29 is 0 Å². The predicted molar refractivity (Wildman–Crippen MR) is 122 cm³/mol. The van der Waals surface area contributed by atoms with Gasteiger partial charge in [0.2, 0.25) is 0 Å². The number of hydrogen-bond acceptors (Lipinski definition) is 4. The van der Waals surface area contributed by atoms with E-state index in [-0.39, 0.29) is 24.0 Å². The van der Waals surface area contributed by atoms with Crippen molar-refractivity contribution in [2.45, 2.75) is 26.8 Å². The molecule has 9 heteroatoms. The minimum atomic E-state index is 0. The van der Waals surface area contributed by atoms with Crippen molar-refractivity contribution in [1.82, 2.24) is 25.0 Å². The first-order chi connectivity index (χ1) is 12.0. The minimum absolute atomic E-state index is 0. The first-order valence-electron chi connectivity index (χ1n) is 8.05. The Hall–Kier alpha value is -1.20. The Morgan fingerprint density at radius 2 is 2.04 bits per heavy atom. The van der Waals surface area contributed by atoms with E-state index in [2.05, 4.69) is 55.4 Å². The first-order valence-corrected chi connectivity index (χ1v) is 9.66. The van der Waals surface area contributed by atoms with E-state index in [0.717, 1.165) is 45.4 Å². The summed E-state index contributed by atoms with van der Waals surface area (Å²) in [6, 6.07) is 3.97. The van der Waals surface area contributed by atoms with Crippen LogP contribution in [0.5, 0.6) is 0 Å². The molecule has 26 heavy (non-hydrogen) atoms. The molecule has 6 nitrogen and oxygen atoms in total. The maximum Gasteiger partial charge on any atom is 0.191 e. The maximum absolute atomic E-state index is 4.59. The van der Waals surface area contributed by atoms with Crippen LogP contribution in [0.3, 0.4) is 0 Å². The highest BCUT2D eigenvalue weighted by Gasteiger charge is 2.06. The van der Waals surface area contributed by atoms with Crippen LogP contribution in [-0.2, 0) is 13.0 Å². The number of aromatic nitrogens is 3. The molecule has 2 N–H and O–H groups in total. The van der Waals surface area contributed by atoms with E-state index in [1.165, 1.54) is 4.88 Å². The van der Waals surface area contributed by atoms with Crippen molar-refractivity contribution in [3.05, 3.63) is 50.3 Å². The van der Waals surface area contributed by atoms with Gasteiger partial charge in [-0.15, -0.1) is 35.3 Å². The standard InChI is InChI=1S/C17H21BrN6S.HI/c1-11-12(2)25-16(22-11)6-7-20-17(19-3)21-8-14-10-24-9-13(18)4-5-15(24)23-14;/h4-5,9-10H,6-8H2,1-3H3,(H2,19,20,21);1H. The van der Waals surface area contributed by atoms with E-state index < -0.39 is 0 Å². The van der Waals surface area contributed by atoms with Crippen LogP contribution in [0.1, 0.15) is 21.3 Å². The number of rotatable bonds is 5. The molecule has 3 heterocycles. The highest BCUT2D eigenvalue weighted by atomic mass is 127. The summed E-state index contributed by atoms with van der Waals surface area (Å²) in [4.78, 5) is 14.7. The van der Waals surface area contributed by atoms with Gasteiger partial charge in [-0.25, -0.2) is 9.97 Å². The van der Waals surface area contributed by atoms with Gasteiger partial charge in [0.15, 0.2) is 5.96 Å². The van der Waals surface area contributed by atoms with Crippen LogP contribution in [0.15, 0.2) is 34.0 Å². The first kappa shape index (κ1) is 21.1. The van der Waals surface area contributed by atoms with Crippen LogP contribution in [0.25, 0.3) is 5.65 Å². The molecule has 140 valence electrons. The Morgan fingerprint density at radius 3 is 2.73 bits per heavy atom. The van der Waals surface area contributed by atoms with Gasteiger partial charge in [-0.2, -0.15) is 0 Å². The van der Waals surface area contributed by atoms with Gasteiger partial charge in [-0.3, -0.25) is 4.99 Å². The fraction of sp³-hybridized carbons (Fsp3) is 0.353. The molecule has 0 aliphatic heterocycles. The smallest absolute Gasteiger partial charge is 0.191 e. The van der Waals surface area contributed by atoms with Crippen LogP contribution in [-0.4, -0.2) is 33.9 Å². The summed E-state index contributed by atoms with van der Waals surface area (Å²) in [5, 5.41) is 7.78. The molecule has 0 amide bonds. The number of imidazole rings is 1. The second-order valence-corrected chi connectivity index (χ2v) is 7.90. The number of thiazole rings is 1. The number of halogens is 2. The van der Waals surface area contributed by atoms with Gasteiger partial charge in [-0.1, -0.05) is 0 Å². The average Bonchev–Trinajstić information content (AvgIpc) is 3.13. The molecule has 0 aromatic carbocycles. The molecule has 0 bridgehead atoms. The highest BCUT2D eigenvalue weighted by molar-refractivity contribution is 14.0. The van der Waals surface area contributed by atoms with Gasteiger partial charge < -0.3 is 15.0 Å². The molecule has 3 rings (SSSR count). The number of guanidine groups is 1. The van der Waals surface area contributed by atoms with Crippen LogP contribution < -0.4 is 10.6 Å². The van der Waals surface area contributed by atoms with Gasteiger partial charge in [0.1, 0.15) is 5.65 Å². The van der Waals surface area contributed by atoms with E-state index in [0.29, 0.717) is 6.54 Å². The normalized spacial score (nSPS) is 11.5. The molecule has 3 aromatic heterocycles. The lowest BCUT2D eigenvalue weighted by molar-refractivity contribution is 0.783. The fourth-order valence-corrected chi connectivity index (χ4v) is 3.72. The molecule has 0 atom stereocenters. The molecule has 0 fully saturated rings. The molecule has 3 aromatic rings. The zero-order valence-corrected chi connectivity index (χ0v) is 19.6. The fourth-order valence-electron chi connectivity index (χ4n) is 2.43. The van der Waals surface area contributed by atoms with Crippen molar-refractivity contribution in [3.63, 3.8) is 0 Å². The molecule has 0 saturated carbocycles. The number of aliphatic imine (C=N–C) groups is 1. The van der Waals surface area contributed by atoms with E-state index >= 15 is 0 Å². The summed E-state index contributed by atoms with van der Waals surface area (Å²) in [5.74, 6) is 0.767. The zero-order valence-electron chi connectivity index (χ0n) is 14.9. The number of pyridine rings is 1. The highest BCUT2D eigenvalue weighted by Crippen LogP contribution is 2.16. The Morgan fingerprint density at radius 1 is 1.23 bits per heavy atom. The van der Waals surface area contributed by atoms with Crippen molar-refractivity contribution in [1.29, 1.82) is 0 Å². The third kappa shape index (κ3) is 5.40. The topological polar surface area (TPSA) is 66.6 Å². The second kappa shape index (κ2) is 9.65. The lowest BCUT2D eigenvalue weighted by Gasteiger charge is -2.10. The molecular weight excluding hydrogens is 527 g/mol. The lowest BCUT2D eigenvalue weighted by Crippen LogP contribution is -2.37. The maximum atomic E-state index is 4.59. The molecular formula is C17H22BrIN6S. The summed E-state index contributed by atoms with van der Waals surface area (Å²) in [6.45, 7) is 5.58. The number of hydrogen-bond donors (Lipinski definition) is 2. The second-order valence-electron chi connectivity index (χ2n) is 5.70. The van der Waals surface area contributed by atoms with Crippen molar-refractivity contribution >= 4 is 62.9 Å². The molecule has 0 unspecified atom stereocenters. The van der Waals surface area contributed by atoms with Crippen molar-refractivity contribution in [2.24, 2.45) is 4.99 Å². The van der Waals surface area contributed by atoms with E-state index in [4.69, 9.17) is 0 Å². The van der Waals surface area contributed by atoms with Gasteiger partial charge in [-0.05, 0) is 41.9 Å². The summed E-state index contributed by atoms with van der Waals surface area (Å²) in [5.41, 5.74) is 3.02. The molecule has 0 saturated heterocycles. The SMILES string of the molecule is CN=C(NCCc1nc(C)c(C)s1)NCc1cn2cc(Br)ccc2n1.I. The average molecular weight is 549 g/mol. The molecule has 0 aliphatic rings. The van der Waals surface area contributed by atoms with Crippen LogP contribution in [0.2, 0.25) is 0 Å². The number of fused-ring (bicyclic) bond motifs is 1. The van der Waals surface area contributed by atoms with E-state index in [1.807, 2.05) is 28.9 Å². The zero-order chi connectivity index (χ0) is 17.8. The van der Waals surface area contributed by atoms with E-state index in [9.17, 15) is 0 Å². The Bertz CT molecular complexity index is 884.